The Balaban J connectivity index is 2.74. The molecule has 1 rings (SSSR count). The molecule has 0 aliphatic heterocycles. The van der Waals surface area contributed by atoms with Gasteiger partial charge in [-0.15, -0.1) is 0 Å². The van der Waals surface area contributed by atoms with Crippen LogP contribution in [0.3, 0.4) is 0 Å². The molecular weight excluding hydrogens is 245 g/mol. The normalized spacial score (nSPS) is 12.9. The van der Waals surface area contributed by atoms with Crippen LogP contribution in [-0.4, -0.2) is 32.1 Å². The van der Waals surface area contributed by atoms with Crippen molar-refractivity contribution in [2.24, 2.45) is 0 Å². The molecule has 4 heteroatoms. The van der Waals surface area contributed by atoms with E-state index in [0.29, 0.717) is 19.6 Å². The quantitative estimate of drug-likeness (QED) is 0.699. The van der Waals surface area contributed by atoms with Crippen LogP contribution >= 0.6 is 0 Å². The van der Waals surface area contributed by atoms with Crippen molar-refractivity contribution in [3.05, 3.63) is 35.6 Å². The van der Waals surface area contributed by atoms with Crippen LogP contribution in [0.5, 0.6) is 0 Å². The molecule has 1 N–H and O–H groups in total. The highest BCUT2D eigenvalue weighted by molar-refractivity contribution is 5.17. The standard InChI is InChI=1S/C15H24FNO2/c1-4-17-14(15(18-5-2)19-6-3)11-12-8-7-9-13(16)10-12/h7-10,14-15,17H,4-6,11H2,1-3H3. The van der Waals surface area contributed by atoms with Crippen molar-refractivity contribution >= 4 is 0 Å². The average Bonchev–Trinajstić information content (AvgIpc) is 2.38. The van der Waals surface area contributed by atoms with Gasteiger partial charge in [0.1, 0.15) is 5.82 Å². The maximum absolute atomic E-state index is 13.2. The number of nitrogens with one attached hydrogen (secondary N) is 1. The van der Waals surface area contributed by atoms with Gasteiger partial charge in [0.05, 0.1) is 6.04 Å². The third-order valence-electron chi connectivity index (χ3n) is 2.80. The molecular formula is C15H24FNO2. The fraction of sp³-hybridized carbons (Fsp3) is 0.600. The summed E-state index contributed by atoms with van der Waals surface area (Å²) < 4.78 is 24.5. The van der Waals surface area contributed by atoms with Gasteiger partial charge in [-0.3, -0.25) is 0 Å². The van der Waals surface area contributed by atoms with E-state index in [0.717, 1.165) is 12.1 Å². The van der Waals surface area contributed by atoms with Crippen molar-refractivity contribution in [2.75, 3.05) is 19.8 Å². The number of likely N-dealkylation sites (N-methyl/N-ethyl adjacent to an activating group) is 1. The molecule has 0 saturated heterocycles. The lowest BCUT2D eigenvalue weighted by Gasteiger charge is -2.27. The van der Waals surface area contributed by atoms with E-state index in [1.807, 2.05) is 26.8 Å². The van der Waals surface area contributed by atoms with Crippen LogP contribution in [0.1, 0.15) is 26.3 Å². The molecule has 0 radical (unpaired) electrons. The highest BCUT2D eigenvalue weighted by Gasteiger charge is 2.21. The zero-order chi connectivity index (χ0) is 14.1. The van der Waals surface area contributed by atoms with Gasteiger partial charge in [0.25, 0.3) is 0 Å². The molecule has 0 saturated carbocycles. The molecule has 0 aromatic heterocycles. The predicted molar refractivity (Wildman–Crippen MR) is 74.6 cm³/mol. The molecule has 19 heavy (non-hydrogen) atoms. The van der Waals surface area contributed by atoms with Gasteiger partial charge in [-0.05, 0) is 44.5 Å². The predicted octanol–water partition coefficient (Wildman–Crippen LogP) is 2.75. The van der Waals surface area contributed by atoms with Crippen LogP contribution in [0.25, 0.3) is 0 Å². The highest BCUT2D eigenvalue weighted by atomic mass is 19.1. The van der Waals surface area contributed by atoms with Crippen LogP contribution in [0.2, 0.25) is 0 Å². The molecule has 108 valence electrons. The van der Waals surface area contributed by atoms with Crippen LogP contribution < -0.4 is 5.32 Å². The summed E-state index contributed by atoms with van der Waals surface area (Å²) in [6.07, 6.45) is 0.370. The van der Waals surface area contributed by atoms with E-state index in [-0.39, 0.29) is 18.1 Å². The van der Waals surface area contributed by atoms with Crippen LogP contribution in [0.4, 0.5) is 4.39 Å². The maximum atomic E-state index is 13.2. The first-order valence-corrected chi connectivity index (χ1v) is 6.92. The van der Waals surface area contributed by atoms with E-state index in [1.54, 1.807) is 12.1 Å². The molecule has 1 aromatic carbocycles. The van der Waals surface area contributed by atoms with E-state index < -0.39 is 0 Å². The SMILES string of the molecule is CCNC(Cc1cccc(F)c1)C(OCC)OCC. The zero-order valence-corrected chi connectivity index (χ0v) is 12.0. The first kappa shape index (κ1) is 16.1. The smallest absolute Gasteiger partial charge is 0.172 e. The lowest BCUT2D eigenvalue weighted by molar-refractivity contribution is -0.153. The van der Waals surface area contributed by atoms with E-state index in [1.165, 1.54) is 6.07 Å². The summed E-state index contributed by atoms with van der Waals surface area (Å²) in [5, 5.41) is 3.35. The summed E-state index contributed by atoms with van der Waals surface area (Å²) in [7, 11) is 0. The van der Waals surface area contributed by atoms with Crippen LogP contribution in [0.15, 0.2) is 24.3 Å². The summed E-state index contributed by atoms with van der Waals surface area (Å²) in [6, 6.07) is 6.67. The number of ether oxygens (including phenoxy) is 2. The molecule has 0 heterocycles. The van der Waals surface area contributed by atoms with E-state index in [9.17, 15) is 4.39 Å². The fourth-order valence-corrected chi connectivity index (χ4v) is 2.05. The Labute approximate surface area is 115 Å². The minimum atomic E-state index is -0.307. The monoisotopic (exact) mass is 269 g/mol. The van der Waals surface area contributed by atoms with Crippen molar-refractivity contribution < 1.29 is 13.9 Å². The number of hydrogen-bond acceptors (Lipinski definition) is 3. The number of benzene rings is 1. The Morgan fingerprint density at radius 3 is 2.37 bits per heavy atom. The molecule has 0 fully saturated rings. The lowest BCUT2D eigenvalue weighted by Crippen LogP contribution is -2.44. The average molecular weight is 269 g/mol. The molecule has 0 aliphatic carbocycles. The molecule has 3 nitrogen and oxygen atoms in total. The fourth-order valence-electron chi connectivity index (χ4n) is 2.05. The van der Waals surface area contributed by atoms with Gasteiger partial charge in [-0.1, -0.05) is 19.1 Å². The summed E-state index contributed by atoms with van der Waals surface area (Å²) in [6.45, 7) is 7.92. The van der Waals surface area contributed by atoms with Gasteiger partial charge in [-0.25, -0.2) is 4.39 Å². The Morgan fingerprint density at radius 2 is 1.84 bits per heavy atom. The van der Waals surface area contributed by atoms with Gasteiger partial charge in [0.2, 0.25) is 0 Å². The largest absolute Gasteiger partial charge is 0.351 e. The molecule has 0 spiro atoms. The Bertz CT molecular complexity index is 354. The van der Waals surface area contributed by atoms with E-state index in [4.69, 9.17) is 9.47 Å². The van der Waals surface area contributed by atoms with Crippen molar-refractivity contribution in [1.82, 2.24) is 5.32 Å². The summed E-state index contributed by atoms with van der Waals surface area (Å²) in [5.74, 6) is -0.211. The van der Waals surface area contributed by atoms with E-state index in [2.05, 4.69) is 5.32 Å². The molecule has 0 amide bonds. The maximum Gasteiger partial charge on any atom is 0.172 e. The molecule has 0 aliphatic rings. The second-order valence-corrected chi connectivity index (χ2v) is 4.28. The van der Waals surface area contributed by atoms with Crippen molar-refractivity contribution in [3.63, 3.8) is 0 Å². The first-order valence-electron chi connectivity index (χ1n) is 6.92. The van der Waals surface area contributed by atoms with Gasteiger partial charge in [0.15, 0.2) is 6.29 Å². The minimum Gasteiger partial charge on any atom is -0.351 e. The van der Waals surface area contributed by atoms with Gasteiger partial charge in [0, 0.05) is 13.2 Å². The summed E-state index contributed by atoms with van der Waals surface area (Å²) in [4.78, 5) is 0. The number of rotatable bonds is 9. The second-order valence-electron chi connectivity index (χ2n) is 4.28. The van der Waals surface area contributed by atoms with Gasteiger partial charge in [-0.2, -0.15) is 0 Å². The van der Waals surface area contributed by atoms with Crippen LogP contribution in [0, 0.1) is 5.82 Å². The Kier molecular flexibility index (Phi) is 7.63. The topological polar surface area (TPSA) is 30.5 Å². The van der Waals surface area contributed by atoms with Gasteiger partial charge >= 0.3 is 0 Å². The third kappa shape index (κ3) is 5.68. The minimum absolute atomic E-state index is 0.0201. The molecule has 1 aromatic rings. The number of halogens is 1. The molecule has 0 bridgehead atoms. The van der Waals surface area contributed by atoms with Crippen molar-refractivity contribution in [3.8, 4) is 0 Å². The number of hydrogen-bond donors (Lipinski definition) is 1. The molecule has 1 unspecified atom stereocenters. The van der Waals surface area contributed by atoms with Gasteiger partial charge < -0.3 is 14.8 Å². The van der Waals surface area contributed by atoms with E-state index >= 15 is 0 Å². The molecule has 1 atom stereocenters. The van der Waals surface area contributed by atoms with Crippen molar-refractivity contribution in [1.29, 1.82) is 0 Å². The summed E-state index contributed by atoms with van der Waals surface area (Å²) >= 11 is 0. The third-order valence-corrected chi connectivity index (χ3v) is 2.80. The van der Waals surface area contributed by atoms with Crippen LogP contribution in [-0.2, 0) is 15.9 Å². The zero-order valence-electron chi connectivity index (χ0n) is 12.0. The Morgan fingerprint density at radius 1 is 1.16 bits per heavy atom. The highest BCUT2D eigenvalue weighted by Crippen LogP contribution is 2.11. The first-order chi connectivity index (χ1) is 9.21. The van der Waals surface area contributed by atoms with Crippen molar-refractivity contribution in [2.45, 2.75) is 39.5 Å². The summed E-state index contributed by atoms with van der Waals surface area (Å²) in [5.41, 5.74) is 0.940. The Hall–Kier alpha value is -0.970. The second kappa shape index (κ2) is 9.02. The lowest BCUT2D eigenvalue weighted by atomic mass is 10.1.